The number of carbonyl (C=O) groups is 3. The normalized spacial score (nSPS) is 12.7. The van der Waals surface area contributed by atoms with Gasteiger partial charge in [0.2, 0.25) is 0 Å². The molecule has 0 amide bonds. The average Bonchev–Trinajstić information content (AvgIpc) is 3.30. The molecule has 0 rings (SSSR count). The van der Waals surface area contributed by atoms with Gasteiger partial charge in [0, 0.05) is 19.3 Å². The van der Waals surface area contributed by atoms with Crippen molar-refractivity contribution in [2.24, 2.45) is 0 Å². The van der Waals surface area contributed by atoms with E-state index in [1.807, 2.05) is 0 Å². The van der Waals surface area contributed by atoms with Gasteiger partial charge in [-0.15, -0.1) is 0 Å². The zero-order chi connectivity index (χ0) is 47.2. The lowest BCUT2D eigenvalue weighted by Gasteiger charge is -2.18. The Morgan fingerprint density at radius 2 is 0.554 bits per heavy atom. The van der Waals surface area contributed by atoms with Gasteiger partial charge in [0.05, 0.1) is 0 Å². The number of esters is 3. The molecule has 0 N–H and O–H groups in total. The summed E-state index contributed by atoms with van der Waals surface area (Å²) in [5.41, 5.74) is 0. The van der Waals surface area contributed by atoms with Crippen LogP contribution < -0.4 is 0 Å². The molecule has 0 aromatic heterocycles. The van der Waals surface area contributed by atoms with Crippen LogP contribution >= 0.6 is 0 Å². The molecule has 0 saturated carbocycles. The van der Waals surface area contributed by atoms with E-state index in [-0.39, 0.29) is 31.1 Å². The molecule has 1 unspecified atom stereocenters. The average molecular weight is 905 g/mol. The van der Waals surface area contributed by atoms with Crippen LogP contribution in [-0.4, -0.2) is 37.2 Å². The van der Waals surface area contributed by atoms with Crippen molar-refractivity contribution in [2.75, 3.05) is 13.2 Å². The van der Waals surface area contributed by atoms with Gasteiger partial charge in [0.15, 0.2) is 6.10 Å². The quantitative estimate of drug-likeness (QED) is 0.0262. The number of allylic oxidation sites excluding steroid dienone is 14. The van der Waals surface area contributed by atoms with Gasteiger partial charge in [-0.05, 0) is 103 Å². The second kappa shape index (κ2) is 53.2. The standard InChI is InChI=1S/C59H100O6/c1-4-7-10-13-16-19-22-25-28-29-30-31-32-35-37-40-43-46-49-52-58(61)64-55-56(65-59(62)53-50-47-44-41-38-34-27-24-21-18-15-12-9-6-3)54-63-57(60)51-48-45-42-39-36-33-26-23-20-17-14-11-8-5-2/h7-12,16-21,25,28,56H,4-6,13-15,22-24,26-27,29-55H2,1-3H3/b10-7-,11-8-,12-9-,19-16-,20-17-,21-18-,28-25-. The fraction of sp³-hybridized carbons (Fsp3) is 0.712. The lowest BCUT2D eigenvalue weighted by atomic mass is 10.1. The zero-order valence-electron chi connectivity index (χ0n) is 42.5. The third-order valence-electron chi connectivity index (χ3n) is 11.4. The Labute approximate surface area is 401 Å². The van der Waals surface area contributed by atoms with E-state index in [1.165, 1.54) is 96.3 Å². The third-order valence-corrected chi connectivity index (χ3v) is 11.4. The highest BCUT2D eigenvalue weighted by molar-refractivity contribution is 5.71. The molecule has 0 spiro atoms. The van der Waals surface area contributed by atoms with Crippen molar-refractivity contribution < 1.29 is 28.6 Å². The van der Waals surface area contributed by atoms with E-state index in [2.05, 4.69) is 106 Å². The Kier molecular flexibility index (Phi) is 50.4. The Bertz CT molecular complexity index is 1270. The summed E-state index contributed by atoms with van der Waals surface area (Å²) < 4.78 is 16.8. The summed E-state index contributed by atoms with van der Waals surface area (Å²) in [6.07, 6.45) is 68.5. The molecule has 0 aliphatic carbocycles. The van der Waals surface area contributed by atoms with Gasteiger partial charge in [0.1, 0.15) is 13.2 Å². The van der Waals surface area contributed by atoms with Gasteiger partial charge in [-0.2, -0.15) is 0 Å². The minimum atomic E-state index is -0.786. The highest BCUT2D eigenvalue weighted by atomic mass is 16.6. The molecule has 0 aliphatic heterocycles. The largest absolute Gasteiger partial charge is 0.462 e. The van der Waals surface area contributed by atoms with Crippen LogP contribution in [0, 0.1) is 0 Å². The van der Waals surface area contributed by atoms with Gasteiger partial charge >= 0.3 is 17.9 Å². The minimum absolute atomic E-state index is 0.0854. The zero-order valence-corrected chi connectivity index (χ0v) is 42.5. The van der Waals surface area contributed by atoms with E-state index in [1.54, 1.807) is 0 Å². The Hall–Kier alpha value is -3.41. The first kappa shape index (κ1) is 61.6. The maximum Gasteiger partial charge on any atom is 0.306 e. The summed E-state index contributed by atoms with van der Waals surface area (Å²) in [5.74, 6) is -0.905. The maximum absolute atomic E-state index is 12.8. The number of unbranched alkanes of at least 4 members (excludes halogenated alkanes) is 23. The van der Waals surface area contributed by atoms with Gasteiger partial charge in [-0.3, -0.25) is 14.4 Å². The second-order valence-corrected chi connectivity index (χ2v) is 17.7. The Morgan fingerprint density at radius 3 is 0.862 bits per heavy atom. The molecule has 0 fully saturated rings. The molecule has 0 aromatic rings. The molecule has 6 nitrogen and oxygen atoms in total. The summed E-state index contributed by atoms with van der Waals surface area (Å²) in [4.78, 5) is 38.1. The summed E-state index contributed by atoms with van der Waals surface area (Å²) in [7, 11) is 0. The van der Waals surface area contributed by atoms with E-state index in [4.69, 9.17) is 14.2 Å². The molecule has 0 saturated heterocycles. The minimum Gasteiger partial charge on any atom is -0.462 e. The molecule has 0 heterocycles. The highest BCUT2D eigenvalue weighted by Crippen LogP contribution is 2.15. The van der Waals surface area contributed by atoms with Crippen LogP contribution in [0.2, 0.25) is 0 Å². The summed E-state index contributed by atoms with van der Waals surface area (Å²) >= 11 is 0. The first-order valence-corrected chi connectivity index (χ1v) is 27.1. The van der Waals surface area contributed by atoms with Gasteiger partial charge in [0.25, 0.3) is 0 Å². The first-order chi connectivity index (χ1) is 32.0. The summed E-state index contributed by atoms with van der Waals surface area (Å²) in [5, 5.41) is 0. The Balaban J connectivity index is 4.38. The van der Waals surface area contributed by atoms with Gasteiger partial charge in [-0.25, -0.2) is 0 Å². The van der Waals surface area contributed by atoms with Crippen molar-refractivity contribution in [3.63, 3.8) is 0 Å². The molecular weight excluding hydrogens is 805 g/mol. The van der Waals surface area contributed by atoms with E-state index in [0.29, 0.717) is 19.3 Å². The fourth-order valence-corrected chi connectivity index (χ4v) is 7.41. The van der Waals surface area contributed by atoms with Crippen molar-refractivity contribution in [1.82, 2.24) is 0 Å². The van der Waals surface area contributed by atoms with E-state index in [0.717, 1.165) is 116 Å². The van der Waals surface area contributed by atoms with Crippen LogP contribution in [0.5, 0.6) is 0 Å². The van der Waals surface area contributed by atoms with Gasteiger partial charge in [-0.1, -0.05) is 215 Å². The number of hydrogen-bond donors (Lipinski definition) is 0. The SMILES string of the molecule is CC/C=C\C/C=C\C/C=C\CCCCCCCCCCCC(=O)OCC(COC(=O)CCCCCCCCC/C=C\C/C=C\CC)OC(=O)CCCCCCCCC/C=C\C/C=C\CC. The molecule has 0 aromatic carbocycles. The molecule has 0 bridgehead atoms. The van der Waals surface area contributed by atoms with Crippen LogP contribution in [0.25, 0.3) is 0 Å². The number of carbonyl (C=O) groups excluding carboxylic acids is 3. The maximum atomic E-state index is 12.8. The molecular formula is C59H100O6. The van der Waals surface area contributed by atoms with Crippen LogP contribution in [0.3, 0.4) is 0 Å². The molecule has 0 aliphatic rings. The van der Waals surface area contributed by atoms with Crippen LogP contribution in [0.4, 0.5) is 0 Å². The van der Waals surface area contributed by atoms with Crippen LogP contribution in [0.15, 0.2) is 85.1 Å². The second-order valence-electron chi connectivity index (χ2n) is 17.7. The predicted octanol–water partition coefficient (Wildman–Crippen LogP) is 18.0. The van der Waals surface area contributed by atoms with E-state index in [9.17, 15) is 14.4 Å². The van der Waals surface area contributed by atoms with E-state index >= 15 is 0 Å². The Morgan fingerprint density at radius 1 is 0.308 bits per heavy atom. The van der Waals surface area contributed by atoms with Crippen molar-refractivity contribution in [2.45, 2.75) is 258 Å². The number of hydrogen-bond acceptors (Lipinski definition) is 6. The summed E-state index contributed by atoms with van der Waals surface area (Å²) in [6, 6.07) is 0. The van der Waals surface area contributed by atoms with Crippen LogP contribution in [-0.2, 0) is 28.6 Å². The number of ether oxygens (including phenoxy) is 3. The molecule has 0 radical (unpaired) electrons. The molecule has 65 heavy (non-hydrogen) atoms. The predicted molar refractivity (Wildman–Crippen MR) is 279 cm³/mol. The smallest absolute Gasteiger partial charge is 0.306 e. The molecule has 6 heteroatoms. The monoisotopic (exact) mass is 905 g/mol. The van der Waals surface area contributed by atoms with Crippen molar-refractivity contribution in [3.8, 4) is 0 Å². The topological polar surface area (TPSA) is 78.9 Å². The van der Waals surface area contributed by atoms with Crippen molar-refractivity contribution >= 4 is 17.9 Å². The lowest BCUT2D eigenvalue weighted by molar-refractivity contribution is -0.167. The highest BCUT2D eigenvalue weighted by Gasteiger charge is 2.19. The number of rotatable bonds is 48. The third kappa shape index (κ3) is 51.4. The van der Waals surface area contributed by atoms with Crippen LogP contribution in [0.1, 0.15) is 252 Å². The first-order valence-electron chi connectivity index (χ1n) is 27.1. The van der Waals surface area contributed by atoms with Gasteiger partial charge < -0.3 is 14.2 Å². The lowest BCUT2D eigenvalue weighted by Crippen LogP contribution is -2.30. The molecule has 372 valence electrons. The van der Waals surface area contributed by atoms with Crippen molar-refractivity contribution in [3.05, 3.63) is 85.1 Å². The summed E-state index contributed by atoms with van der Waals surface area (Å²) in [6.45, 7) is 6.31. The van der Waals surface area contributed by atoms with Crippen molar-refractivity contribution in [1.29, 1.82) is 0 Å². The fourth-order valence-electron chi connectivity index (χ4n) is 7.41. The molecule has 1 atom stereocenters. The van der Waals surface area contributed by atoms with E-state index < -0.39 is 6.10 Å².